The average molecular weight is 292 g/mol. The molecule has 1 fully saturated rings. The molecule has 1 aromatic rings. The Hall–Kier alpha value is -1.49. The van der Waals surface area contributed by atoms with Crippen molar-refractivity contribution in [2.45, 2.75) is 33.7 Å². The zero-order valence-electron chi connectivity index (χ0n) is 13.7. The quantitative estimate of drug-likeness (QED) is 0.902. The summed E-state index contributed by atoms with van der Waals surface area (Å²) in [5.74, 6) is 1.99. The van der Waals surface area contributed by atoms with Crippen molar-refractivity contribution in [2.75, 3.05) is 43.4 Å². The van der Waals surface area contributed by atoms with Gasteiger partial charge in [-0.2, -0.15) is 4.98 Å². The highest BCUT2D eigenvalue weighted by Crippen LogP contribution is 2.25. The van der Waals surface area contributed by atoms with Crippen LogP contribution in [-0.4, -0.2) is 48.7 Å². The van der Waals surface area contributed by atoms with Crippen LogP contribution >= 0.6 is 0 Å². The number of hydrogen-bond acceptors (Lipinski definition) is 5. The Kier molecular flexibility index (Phi) is 5.28. The van der Waals surface area contributed by atoms with E-state index >= 15 is 0 Å². The molecule has 0 saturated carbocycles. The number of likely N-dealkylation sites (N-methyl/N-ethyl adjacent to an activating group) is 1. The summed E-state index contributed by atoms with van der Waals surface area (Å²) in [5.41, 5.74) is 6.57. The third-order valence-electron chi connectivity index (χ3n) is 3.92. The summed E-state index contributed by atoms with van der Waals surface area (Å²) in [5, 5.41) is 0. The van der Waals surface area contributed by atoms with E-state index < -0.39 is 0 Å². The molecule has 2 heterocycles. The van der Waals surface area contributed by atoms with E-state index in [-0.39, 0.29) is 0 Å². The SMILES string of the molecule is CCN1CCN(c2ccc(N)c(OCC(C)C)n2)CC1C. The molecule has 0 aromatic carbocycles. The van der Waals surface area contributed by atoms with E-state index in [1.807, 2.05) is 12.1 Å². The first-order chi connectivity index (χ1) is 10.0. The number of aromatic nitrogens is 1. The highest BCUT2D eigenvalue weighted by Gasteiger charge is 2.23. The van der Waals surface area contributed by atoms with Gasteiger partial charge in [-0.25, -0.2) is 0 Å². The molecule has 1 aliphatic rings. The minimum Gasteiger partial charge on any atom is -0.476 e. The molecule has 21 heavy (non-hydrogen) atoms. The van der Waals surface area contributed by atoms with Gasteiger partial charge in [-0.05, 0) is 31.5 Å². The van der Waals surface area contributed by atoms with Gasteiger partial charge in [0.25, 0.3) is 0 Å². The standard InChI is InChI=1S/C16H28N4O/c1-5-19-8-9-20(10-13(19)4)15-7-6-14(17)16(18-15)21-11-12(2)3/h6-7,12-13H,5,8-11,17H2,1-4H3. The van der Waals surface area contributed by atoms with Crippen LogP contribution < -0.4 is 15.4 Å². The lowest BCUT2D eigenvalue weighted by Gasteiger charge is -2.40. The fourth-order valence-electron chi connectivity index (χ4n) is 2.65. The molecule has 2 N–H and O–H groups in total. The molecule has 2 rings (SSSR count). The number of rotatable bonds is 5. The lowest BCUT2D eigenvalue weighted by Crippen LogP contribution is -2.52. The van der Waals surface area contributed by atoms with E-state index in [0.717, 1.165) is 32.0 Å². The molecule has 0 amide bonds. The normalized spacial score (nSPS) is 20.0. The summed E-state index contributed by atoms with van der Waals surface area (Å²) in [4.78, 5) is 9.42. The van der Waals surface area contributed by atoms with E-state index in [4.69, 9.17) is 10.5 Å². The fraction of sp³-hybridized carbons (Fsp3) is 0.688. The minimum atomic E-state index is 0.461. The summed E-state index contributed by atoms with van der Waals surface area (Å²) < 4.78 is 5.73. The number of nitrogens with two attached hydrogens (primary N) is 1. The molecule has 0 bridgehead atoms. The van der Waals surface area contributed by atoms with Crippen molar-refractivity contribution in [3.63, 3.8) is 0 Å². The van der Waals surface area contributed by atoms with Gasteiger partial charge in [0.15, 0.2) is 0 Å². The predicted octanol–water partition coefficient (Wildman–Crippen LogP) is 2.23. The Balaban J connectivity index is 2.08. The maximum absolute atomic E-state index is 5.96. The van der Waals surface area contributed by atoms with E-state index in [9.17, 15) is 0 Å². The van der Waals surface area contributed by atoms with Crippen molar-refractivity contribution in [1.29, 1.82) is 0 Å². The second-order valence-electron chi connectivity index (χ2n) is 6.19. The van der Waals surface area contributed by atoms with Gasteiger partial charge < -0.3 is 15.4 Å². The number of nitrogens with zero attached hydrogens (tertiary/aromatic N) is 3. The molecule has 0 aliphatic carbocycles. The molecule has 5 nitrogen and oxygen atoms in total. The molecule has 1 atom stereocenters. The molecular weight excluding hydrogens is 264 g/mol. The van der Waals surface area contributed by atoms with Crippen molar-refractivity contribution in [3.05, 3.63) is 12.1 Å². The monoisotopic (exact) mass is 292 g/mol. The van der Waals surface area contributed by atoms with Crippen LogP contribution in [0.15, 0.2) is 12.1 Å². The van der Waals surface area contributed by atoms with E-state index in [2.05, 4.69) is 42.5 Å². The van der Waals surface area contributed by atoms with Gasteiger partial charge in [0.2, 0.25) is 5.88 Å². The summed E-state index contributed by atoms with van der Waals surface area (Å²) in [6.07, 6.45) is 0. The molecule has 1 aliphatic heterocycles. The van der Waals surface area contributed by atoms with Gasteiger partial charge in [-0.1, -0.05) is 20.8 Å². The zero-order valence-corrected chi connectivity index (χ0v) is 13.7. The third kappa shape index (κ3) is 4.00. The van der Waals surface area contributed by atoms with E-state index in [1.165, 1.54) is 0 Å². The molecule has 1 unspecified atom stereocenters. The lowest BCUT2D eigenvalue weighted by atomic mass is 10.2. The van der Waals surface area contributed by atoms with Crippen LogP contribution in [0, 0.1) is 5.92 Å². The molecular formula is C16H28N4O. The first-order valence-electron chi connectivity index (χ1n) is 7.89. The predicted molar refractivity (Wildman–Crippen MR) is 87.9 cm³/mol. The van der Waals surface area contributed by atoms with Crippen LogP contribution in [0.5, 0.6) is 5.88 Å². The lowest BCUT2D eigenvalue weighted by molar-refractivity contribution is 0.198. The highest BCUT2D eigenvalue weighted by atomic mass is 16.5. The summed E-state index contributed by atoms with van der Waals surface area (Å²) in [7, 11) is 0. The van der Waals surface area contributed by atoms with Crippen molar-refractivity contribution in [2.24, 2.45) is 5.92 Å². The van der Waals surface area contributed by atoms with E-state index in [1.54, 1.807) is 0 Å². The Labute approximate surface area is 128 Å². The van der Waals surface area contributed by atoms with Gasteiger partial charge in [0, 0.05) is 25.7 Å². The van der Waals surface area contributed by atoms with Gasteiger partial charge in [-0.3, -0.25) is 4.90 Å². The Morgan fingerprint density at radius 1 is 1.38 bits per heavy atom. The zero-order chi connectivity index (χ0) is 15.4. The second-order valence-corrected chi connectivity index (χ2v) is 6.19. The van der Waals surface area contributed by atoms with Gasteiger partial charge in [-0.15, -0.1) is 0 Å². The molecule has 118 valence electrons. The molecule has 1 aromatic heterocycles. The maximum Gasteiger partial charge on any atom is 0.239 e. The van der Waals surface area contributed by atoms with Crippen LogP contribution in [0.3, 0.4) is 0 Å². The third-order valence-corrected chi connectivity index (χ3v) is 3.92. The maximum atomic E-state index is 5.96. The largest absolute Gasteiger partial charge is 0.476 e. The van der Waals surface area contributed by atoms with Gasteiger partial charge in [0.1, 0.15) is 5.82 Å². The van der Waals surface area contributed by atoms with Crippen LogP contribution in [0.1, 0.15) is 27.7 Å². The number of pyridine rings is 1. The molecule has 1 saturated heterocycles. The Bertz CT molecular complexity index is 464. The van der Waals surface area contributed by atoms with Crippen molar-refractivity contribution in [1.82, 2.24) is 9.88 Å². The highest BCUT2D eigenvalue weighted by molar-refractivity contribution is 5.54. The van der Waals surface area contributed by atoms with Crippen LogP contribution in [-0.2, 0) is 0 Å². The van der Waals surface area contributed by atoms with Crippen LogP contribution in [0.4, 0.5) is 11.5 Å². The number of hydrogen-bond donors (Lipinski definition) is 1. The number of ether oxygens (including phenoxy) is 1. The van der Waals surface area contributed by atoms with Crippen LogP contribution in [0.25, 0.3) is 0 Å². The molecule has 0 radical (unpaired) electrons. The first kappa shape index (κ1) is 15.9. The summed E-state index contributed by atoms with van der Waals surface area (Å²) in [6, 6.07) is 4.43. The molecule has 5 heteroatoms. The van der Waals surface area contributed by atoms with Gasteiger partial charge in [0.05, 0.1) is 12.3 Å². The van der Waals surface area contributed by atoms with Crippen molar-refractivity contribution >= 4 is 11.5 Å². The Morgan fingerprint density at radius 2 is 2.14 bits per heavy atom. The van der Waals surface area contributed by atoms with Crippen molar-refractivity contribution < 1.29 is 4.74 Å². The van der Waals surface area contributed by atoms with E-state index in [0.29, 0.717) is 30.1 Å². The summed E-state index contributed by atoms with van der Waals surface area (Å²) in [6.45, 7) is 13.5. The number of nitrogen functional groups attached to an aromatic ring is 1. The minimum absolute atomic E-state index is 0.461. The topological polar surface area (TPSA) is 54.6 Å². The summed E-state index contributed by atoms with van der Waals surface area (Å²) >= 11 is 0. The molecule has 0 spiro atoms. The number of piperazine rings is 1. The smallest absolute Gasteiger partial charge is 0.239 e. The van der Waals surface area contributed by atoms with Gasteiger partial charge >= 0.3 is 0 Å². The average Bonchev–Trinajstić information content (AvgIpc) is 2.46. The fourth-order valence-corrected chi connectivity index (χ4v) is 2.65. The number of anilines is 2. The Morgan fingerprint density at radius 3 is 2.76 bits per heavy atom. The first-order valence-corrected chi connectivity index (χ1v) is 7.89. The van der Waals surface area contributed by atoms with Crippen LogP contribution in [0.2, 0.25) is 0 Å². The second kappa shape index (κ2) is 6.98. The van der Waals surface area contributed by atoms with Crippen molar-refractivity contribution in [3.8, 4) is 5.88 Å².